The second-order valence-corrected chi connectivity index (χ2v) is 4.46. The zero-order valence-electron chi connectivity index (χ0n) is 11.8. The van der Waals surface area contributed by atoms with E-state index < -0.39 is 24.1 Å². The fourth-order valence-electron chi connectivity index (χ4n) is 1.63. The smallest absolute Gasteiger partial charge is 0.425 e. The lowest BCUT2D eigenvalue weighted by Gasteiger charge is -2.17. The highest BCUT2D eigenvalue weighted by Gasteiger charge is 2.42. The van der Waals surface area contributed by atoms with E-state index in [2.05, 4.69) is 9.47 Å². The number of rotatable bonds is 5. The molecule has 0 aliphatic rings. The van der Waals surface area contributed by atoms with Crippen molar-refractivity contribution in [1.82, 2.24) is 0 Å². The first kappa shape index (κ1) is 17.5. The number of ether oxygens (including phenoxy) is 2. The average Bonchev–Trinajstić information content (AvgIpc) is 2.48. The highest BCUT2D eigenvalue weighted by molar-refractivity contribution is 5.95. The highest BCUT2D eigenvalue weighted by Crippen LogP contribution is 2.26. The number of nitrogens with one attached hydrogen (secondary N) is 1. The topological polar surface area (TPSA) is 47.6 Å². The van der Waals surface area contributed by atoms with Gasteiger partial charge in [0.05, 0.1) is 0 Å². The van der Waals surface area contributed by atoms with Gasteiger partial charge in [-0.05, 0) is 36.4 Å². The van der Waals surface area contributed by atoms with Crippen LogP contribution in [0.1, 0.15) is 0 Å². The first-order chi connectivity index (χ1) is 11.2. The monoisotopic (exact) mass is 347 g/mol. The Balaban J connectivity index is 2.00. The predicted octanol–water partition coefficient (Wildman–Crippen LogP) is 4.20. The fourth-order valence-corrected chi connectivity index (χ4v) is 1.63. The molecular formula is C15H10F5NO3. The van der Waals surface area contributed by atoms with Gasteiger partial charge in [0.2, 0.25) is 0 Å². The molecule has 4 nitrogen and oxygen atoms in total. The summed E-state index contributed by atoms with van der Waals surface area (Å²) < 4.78 is 71.3. The van der Waals surface area contributed by atoms with E-state index in [1.165, 1.54) is 24.3 Å². The quantitative estimate of drug-likeness (QED) is 0.825. The number of hydrogen-bond donors (Lipinski definition) is 1. The van der Waals surface area contributed by atoms with Crippen molar-refractivity contribution in [3.05, 3.63) is 54.6 Å². The van der Waals surface area contributed by atoms with Crippen molar-refractivity contribution < 1.29 is 36.2 Å². The van der Waals surface area contributed by atoms with E-state index in [1.807, 2.05) is 5.32 Å². The standard InChI is InChI=1S/C15H10F5NO3/c16-14(17,23-11-4-2-1-3-5-11)13(22)21-10-6-8-12(9-7-10)24-15(18,19)20/h1-9H,(H,21,22). The molecule has 1 N–H and O–H groups in total. The zero-order chi connectivity index (χ0) is 17.8. The van der Waals surface area contributed by atoms with Crippen LogP contribution in [0.3, 0.4) is 0 Å². The van der Waals surface area contributed by atoms with Crippen molar-refractivity contribution in [2.24, 2.45) is 0 Å². The second kappa shape index (κ2) is 6.73. The van der Waals surface area contributed by atoms with Crippen LogP contribution in [-0.4, -0.2) is 18.4 Å². The minimum Gasteiger partial charge on any atom is -0.425 e. The fraction of sp³-hybridized carbons (Fsp3) is 0.133. The minimum atomic E-state index is -4.87. The molecule has 0 aliphatic heterocycles. The predicted molar refractivity (Wildman–Crippen MR) is 73.8 cm³/mol. The third-order valence-corrected chi connectivity index (χ3v) is 2.60. The minimum absolute atomic E-state index is 0.147. The Labute approximate surface area is 132 Å². The van der Waals surface area contributed by atoms with E-state index in [0.717, 1.165) is 24.3 Å². The second-order valence-electron chi connectivity index (χ2n) is 4.46. The molecule has 0 bridgehead atoms. The maximum absolute atomic E-state index is 13.7. The SMILES string of the molecule is O=C(Nc1ccc(OC(F)(F)F)cc1)C(F)(F)Oc1ccccc1. The number of alkyl halides is 5. The van der Waals surface area contributed by atoms with Crippen molar-refractivity contribution in [2.45, 2.75) is 12.5 Å². The molecule has 2 aromatic carbocycles. The number of para-hydroxylation sites is 1. The number of carbonyl (C=O) groups is 1. The molecule has 0 heterocycles. The van der Waals surface area contributed by atoms with Crippen molar-refractivity contribution in [1.29, 1.82) is 0 Å². The molecule has 0 aromatic heterocycles. The molecule has 0 unspecified atom stereocenters. The summed E-state index contributed by atoms with van der Waals surface area (Å²) in [6.45, 7) is 0. The summed E-state index contributed by atoms with van der Waals surface area (Å²) >= 11 is 0. The summed E-state index contributed by atoms with van der Waals surface area (Å²) in [6.07, 6.45) is -9.04. The number of hydrogen-bond acceptors (Lipinski definition) is 3. The molecule has 9 heteroatoms. The Morgan fingerprint density at radius 2 is 1.33 bits per heavy atom. The van der Waals surface area contributed by atoms with Crippen LogP contribution < -0.4 is 14.8 Å². The molecule has 0 spiro atoms. The van der Waals surface area contributed by atoms with Crippen LogP contribution >= 0.6 is 0 Å². The molecule has 24 heavy (non-hydrogen) atoms. The summed E-state index contributed by atoms with van der Waals surface area (Å²) in [6, 6.07) is 10.7. The van der Waals surface area contributed by atoms with Crippen LogP contribution in [0, 0.1) is 0 Å². The lowest BCUT2D eigenvalue weighted by molar-refractivity contribution is -0.274. The van der Waals surface area contributed by atoms with Crippen LogP contribution in [0.5, 0.6) is 11.5 Å². The van der Waals surface area contributed by atoms with Crippen LogP contribution in [-0.2, 0) is 4.79 Å². The lowest BCUT2D eigenvalue weighted by atomic mass is 10.3. The molecule has 0 fully saturated rings. The molecule has 0 saturated heterocycles. The molecule has 0 radical (unpaired) electrons. The van der Waals surface area contributed by atoms with Crippen molar-refractivity contribution in [3.8, 4) is 11.5 Å². The summed E-state index contributed by atoms with van der Waals surface area (Å²) in [7, 11) is 0. The van der Waals surface area contributed by atoms with E-state index >= 15 is 0 Å². The zero-order valence-corrected chi connectivity index (χ0v) is 11.8. The Kier molecular flexibility index (Phi) is 4.91. The summed E-state index contributed by atoms with van der Waals surface area (Å²) in [5.41, 5.74) is -0.147. The first-order valence-electron chi connectivity index (χ1n) is 6.45. The van der Waals surface area contributed by atoms with Gasteiger partial charge in [0.25, 0.3) is 0 Å². The van der Waals surface area contributed by atoms with Gasteiger partial charge in [-0.25, -0.2) is 0 Å². The number of amides is 1. The molecule has 0 atom stereocenters. The van der Waals surface area contributed by atoms with E-state index in [9.17, 15) is 26.7 Å². The third kappa shape index (κ3) is 5.11. The van der Waals surface area contributed by atoms with E-state index in [1.54, 1.807) is 6.07 Å². The highest BCUT2D eigenvalue weighted by atomic mass is 19.4. The van der Waals surface area contributed by atoms with Gasteiger partial charge in [0, 0.05) is 5.69 Å². The van der Waals surface area contributed by atoms with Crippen LogP contribution in [0.2, 0.25) is 0 Å². The van der Waals surface area contributed by atoms with Gasteiger partial charge in [0.1, 0.15) is 11.5 Å². The van der Waals surface area contributed by atoms with Crippen LogP contribution in [0.25, 0.3) is 0 Å². The third-order valence-electron chi connectivity index (χ3n) is 2.60. The van der Waals surface area contributed by atoms with Gasteiger partial charge in [-0.15, -0.1) is 13.2 Å². The average molecular weight is 347 g/mol. The molecule has 1 amide bonds. The van der Waals surface area contributed by atoms with Gasteiger partial charge in [-0.2, -0.15) is 8.78 Å². The number of anilines is 1. The van der Waals surface area contributed by atoms with E-state index in [0.29, 0.717) is 0 Å². The van der Waals surface area contributed by atoms with E-state index in [4.69, 9.17) is 0 Å². The largest absolute Gasteiger partial charge is 0.573 e. The molecular weight excluding hydrogens is 337 g/mol. The number of carbonyl (C=O) groups excluding carboxylic acids is 1. The molecule has 2 aromatic rings. The molecule has 2 rings (SSSR count). The van der Waals surface area contributed by atoms with Crippen LogP contribution in [0.4, 0.5) is 27.6 Å². The Bertz CT molecular complexity index is 687. The molecule has 128 valence electrons. The van der Waals surface area contributed by atoms with Gasteiger partial charge in [-0.3, -0.25) is 4.79 Å². The van der Waals surface area contributed by atoms with E-state index in [-0.39, 0.29) is 11.4 Å². The lowest BCUT2D eigenvalue weighted by Crippen LogP contribution is -2.39. The van der Waals surface area contributed by atoms with Crippen LogP contribution in [0.15, 0.2) is 54.6 Å². The molecule has 0 saturated carbocycles. The Hall–Kier alpha value is -2.84. The summed E-state index contributed by atoms with van der Waals surface area (Å²) in [5, 5.41) is 1.84. The normalized spacial score (nSPS) is 11.7. The van der Waals surface area contributed by atoms with Gasteiger partial charge < -0.3 is 14.8 Å². The maximum atomic E-state index is 13.7. The Morgan fingerprint density at radius 1 is 0.792 bits per heavy atom. The molecule has 0 aliphatic carbocycles. The Morgan fingerprint density at radius 3 is 1.88 bits per heavy atom. The number of benzene rings is 2. The van der Waals surface area contributed by atoms with Gasteiger partial charge in [0.15, 0.2) is 0 Å². The van der Waals surface area contributed by atoms with Gasteiger partial charge in [-0.1, -0.05) is 18.2 Å². The summed E-state index contributed by atoms with van der Waals surface area (Å²) in [5.74, 6) is -2.53. The first-order valence-corrected chi connectivity index (χ1v) is 6.45. The number of halogens is 5. The summed E-state index contributed by atoms with van der Waals surface area (Å²) in [4.78, 5) is 11.6. The van der Waals surface area contributed by atoms with Crippen molar-refractivity contribution in [2.75, 3.05) is 5.32 Å². The van der Waals surface area contributed by atoms with Crippen molar-refractivity contribution >= 4 is 11.6 Å². The van der Waals surface area contributed by atoms with Crippen molar-refractivity contribution in [3.63, 3.8) is 0 Å². The van der Waals surface area contributed by atoms with Gasteiger partial charge >= 0.3 is 18.4 Å². The maximum Gasteiger partial charge on any atom is 0.573 e.